The normalized spacial score (nSPS) is 11.0. The molecule has 1 rings (SSSR count). The molecule has 1 aromatic heterocycles. The third-order valence-corrected chi connectivity index (χ3v) is 3.51. The molecule has 0 radical (unpaired) electrons. The van der Waals surface area contributed by atoms with Crippen LogP contribution in [0.1, 0.15) is 20.3 Å². The van der Waals surface area contributed by atoms with Crippen molar-refractivity contribution in [3.8, 4) is 0 Å². The number of hydrogen-bond donors (Lipinski definition) is 2. The summed E-state index contributed by atoms with van der Waals surface area (Å²) >= 11 is 1.34. The molecular weight excluding hydrogens is 292 g/mol. The van der Waals surface area contributed by atoms with Crippen molar-refractivity contribution in [3.05, 3.63) is 0 Å². The highest BCUT2D eigenvalue weighted by Gasteiger charge is 2.09. The largest absolute Gasteiger partial charge is 0.385 e. The first-order valence-corrected chi connectivity index (χ1v) is 8.00. The van der Waals surface area contributed by atoms with Gasteiger partial charge in [-0.3, -0.25) is 4.79 Å². The number of rotatable bonds is 11. The van der Waals surface area contributed by atoms with Crippen LogP contribution in [0.4, 0.5) is 0 Å². The number of carbonyl (C=O) groups excluding carboxylic acids is 1. The molecule has 0 saturated carbocycles. The standard InChI is InChI=1S/C12H24N6O2S/c1-10(2)13-6-7-18-12(15-16-17-18)21-9-11(19)14-5-4-8-20-3/h10,13H,4-9H2,1-3H3,(H,14,19). The molecule has 0 unspecified atom stereocenters. The van der Waals surface area contributed by atoms with Crippen LogP contribution in [0.15, 0.2) is 5.16 Å². The summed E-state index contributed by atoms with van der Waals surface area (Å²) in [6, 6.07) is 0.426. The van der Waals surface area contributed by atoms with Gasteiger partial charge in [0.05, 0.1) is 12.3 Å². The first-order valence-electron chi connectivity index (χ1n) is 7.01. The lowest BCUT2D eigenvalue weighted by Crippen LogP contribution is -2.28. The number of carbonyl (C=O) groups is 1. The second-order valence-electron chi connectivity index (χ2n) is 4.78. The molecule has 0 atom stereocenters. The lowest BCUT2D eigenvalue weighted by atomic mass is 10.4. The van der Waals surface area contributed by atoms with Crippen LogP contribution in [0.25, 0.3) is 0 Å². The minimum Gasteiger partial charge on any atom is -0.385 e. The van der Waals surface area contributed by atoms with Crippen molar-refractivity contribution in [2.24, 2.45) is 0 Å². The van der Waals surface area contributed by atoms with Crippen LogP contribution in [0.5, 0.6) is 0 Å². The van der Waals surface area contributed by atoms with Gasteiger partial charge in [-0.2, -0.15) is 0 Å². The van der Waals surface area contributed by atoms with Crippen LogP contribution >= 0.6 is 11.8 Å². The Balaban J connectivity index is 2.25. The van der Waals surface area contributed by atoms with Crippen molar-refractivity contribution in [1.29, 1.82) is 0 Å². The number of nitrogens with zero attached hydrogens (tertiary/aromatic N) is 4. The average molecular weight is 316 g/mol. The molecule has 0 aliphatic heterocycles. The lowest BCUT2D eigenvalue weighted by molar-refractivity contribution is -0.118. The molecule has 2 N–H and O–H groups in total. The topological polar surface area (TPSA) is 94.0 Å². The number of ether oxygens (including phenoxy) is 1. The molecule has 9 heteroatoms. The Morgan fingerprint density at radius 2 is 2.24 bits per heavy atom. The third-order valence-electron chi connectivity index (χ3n) is 2.56. The molecule has 0 saturated heterocycles. The highest BCUT2D eigenvalue weighted by atomic mass is 32.2. The van der Waals surface area contributed by atoms with E-state index in [1.807, 2.05) is 0 Å². The van der Waals surface area contributed by atoms with Crippen LogP contribution in [0, 0.1) is 0 Å². The van der Waals surface area contributed by atoms with Crippen molar-refractivity contribution >= 4 is 17.7 Å². The van der Waals surface area contributed by atoms with E-state index in [1.54, 1.807) is 11.8 Å². The fraction of sp³-hybridized carbons (Fsp3) is 0.833. The van der Waals surface area contributed by atoms with Gasteiger partial charge in [0.2, 0.25) is 11.1 Å². The Bertz CT molecular complexity index is 412. The molecule has 1 amide bonds. The molecule has 0 aliphatic rings. The maximum atomic E-state index is 11.7. The van der Waals surface area contributed by atoms with Gasteiger partial charge in [-0.1, -0.05) is 25.6 Å². The van der Waals surface area contributed by atoms with Crippen molar-refractivity contribution in [3.63, 3.8) is 0 Å². The van der Waals surface area contributed by atoms with E-state index in [9.17, 15) is 4.79 Å². The molecule has 21 heavy (non-hydrogen) atoms. The van der Waals surface area contributed by atoms with E-state index in [-0.39, 0.29) is 5.91 Å². The molecule has 120 valence electrons. The van der Waals surface area contributed by atoms with Gasteiger partial charge < -0.3 is 15.4 Å². The third kappa shape index (κ3) is 7.98. The number of amides is 1. The second kappa shape index (κ2) is 10.5. The maximum absolute atomic E-state index is 11.7. The summed E-state index contributed by atoms with van der Waals surface area (Å²) in [4.78, 5) is 11.7. The van der Waals surface area contributed by atoms with Gasteiger partial charge in [-0.15, -0.1) is 5.10 Å². The molecule has 0 fully saturated rings. The van der Waals surface area contributed by atoms with Crippen molar-refractivity contribution in [2.45, 2.75) is 38.0 Å². The Kier molecular flexibility index (Phi) is 8.95. The molecule has 0 aliphatic carbocycles. The smallest absolute Gasteiger partial charge is 0.230 e. The van der Waals surface area contributed by atoms with Gasteiger partial charge >= 0.3 is 0 Å². The molecule has 1 heterocycles. The predicted octanol–water partition coefficient (Wildman–Crippen LogP) is -0.0841. The maximum Gasteiger partial charge on any atom is 0.230 e. The monoisotopic (exact) mass is 316 g/mol. The number of methoxy groups -OCH3 is 1. The van der Waals surface area contributed by atoms with E-state index in [0.717, 1.165) is 13.0 Å². The van der Waals surface area contributed by atoms with Crippen LogP contribution in [-0.2, 0) is 16.1 Å². The van der Waals surface area contributed by atoms with Crippen LogP contribution in [0.2, 0.25) is 0 Å². The quantitative estimate of drug-likeness (QED) is 0.435. The summed E-state index contributed by atoms with van der Waals surface area (Å²) in [5.41, 5.74) is 0. The summed E-state index contributed by atoms with van der Waals surface area (Å²) < 4.78 is 6.63. The number of aromatic nitrogens is 4. The molecule has 1 aromatic rings. The first-order chi connectivity index (χ1) is 10.1. The molecule has 8 nitrogen and oxygen atoms in total. The first kappa shape index (κ1) is 17.9. The number of hydrogen-bond acceptors (Lipinski definition) is 7. The minimum atomic E-state index is -0.0223. The lowest BCUT2D eigenvalue weighted by Gasteiger charge is -2.08. The number of tetrazole rings is 1. The summed E-state index contributed by atoms with van der Waals surface area (Å²) in [5.74, 6) is 0.288. The molecule has 0 spiro atoms. The fourth-order valence-electron chi connectivity index (χ4n) is 1.52. The molecule has 0 aromatic carbocycles. The zero-order chi connectivity index (χ0) is 15.5. The van der Waals surface area contributed by atoms with Crippen LogP contribution in [0.3, 0.4) is 0 Å². The van der Waals surface area contributed by atoms with Crippen molar-refractivity contribution in [2.75, 3.05) is 32.6 Å². The van der Waals surface area contributed by atoms with Gasteiger partial charge in [0.15, 0.2) is 0 Å². The molecule has 0 bridgehead atoms. The van der Waals surface area contributed by atoms with Gasteiger partial charge in [0.25, 0.3) is 0 Å². The van der Waals surface area contributed by atoms with E-state index in [2.05, 4.69) is 40.0 Å². The Morgan fingerprint density at radius 1 is 1.43 bits per heavy atom. The van der Waals surface area contributed by atoms with E-state index in [4.69, 9.17) is 4.74 Å². The van der Waals surface area contributed by atoms with Crippen LogP contribution < -0.4 is 10.6 Å². The predicted molar refractivity (Wildman–Crippen MR) is 81.2 cm³/mol. The summed E-state index contributed by atoms with van der Waals surface area (Å²) in [7, 11) is 1.64. The fourth-order valence-corrected chi connectivity index (χ4v) is 2.26. The zero-order valence-corrected chi connectivity index (χ0v) is 13.7. The minimum absolute atomic E-state index is 0.0223. The Hall–Kier alpha value is -1.19. The van der Waals surface area contributed by atoms with E-state index < -0.39 is 0 Å². The second-order valence-corrected chi connectivity index (χ2v) is 5.72. The highest BCUT2D eigenvalue weighted by molar-refractivity contribution is 7.99. The van der Waals surface area contributed by atoms with Gasteiger partial charge in [0.1, 0.15) is 0 Å². The zero-order valence-electron chi connectivity index (χ0n) is 12.8. The molecular formula is C12H24N6O2S. The summed E-state index contributed by atoms with van der Waals surface area (Å²) in [6.07, 6.45) is 0.811. The number of nitrogens with one attached hydrogen (secondary N) is 2. The SMILES string of the molecule is COCCCNC(=O)CSc1nnnn1CCNC(C)C. The number of thioether (sulfide) groups is 1. The van der Waals surface area contributed by atoms with E-state index >= 15 is 0 Å². The summed E-state index contributed by atoms with van der Waals surface area (Å²) in [5, 5.41) is 18.3. The highest BCUT2D eigenvalue weighted by Crippen LogP contribution is 2.12. The Morgan fingerprint density at radius 3 is 2.95 bits per heavy atom. The van der Waals surface area contributed by atoms with Crippen molar-refractivity contribution < 1.29 is 9.53 Å². The summed E-state index contributed by atoms with van der Waals surface area (Å²) in [6.45, 7) is 6.92. The van der Waals surface area contributed by atoms with Crippen LogP contribution in [-0.4, -0.2) is 64.7 Å². The van der Waals surface area contributed by atoms with E-state index in [0.29, 0.717) is 36.6 Å². The van der Waals surface area contributed by atoms with E-state index in [1.165, 1.54) is 11.8 Å². The Labute approximate surface area is 129 Å². The average Bonchev–Trinajstić information content (AvgIpc) is 2.88. The van der Waals surface area contributed by atoms with Gasteiger partial charge in [0, 0.05) is 32.8 Å². The van der Waals surface area contributed by atoms with Crippen molar-refractivity contribution in [1.82, 2.24) is 30.8 Å². The van der Waals surface area contributed by atoms with Gasteiger partial charge in [-0.05, 0) is 16.8 Å². The van der Waals surface area contributed by atoms with Gasteiger partial charge in [-0.25, -0.2) is 4.68 Å².